The summed E-state index contributed by atoms with van der Waals surface area (Å²) < 4.78 is 38.5. The number of amides is 1. The van der Waals surface area contributed by atoms with Crippen LogP contribution in [0.4, 0.5) is 0 Å². The van der Waals surface area contributed by atoms with Gasteiger partial charge in [0, 0.05) is 17.8 Å². The Kier molecular flexibility index (Phi) is 8.42. The van der Waals surface area contributed by atoms with Gasteiger partial charge in [-0.3, -0.25) is 9.59 Å². The summed E-state index contributed by atoms with van der Waals surface area (Å²) in [6, 6.07) is 3.65. The molecule has 23 heavy (non-hydrogen) atoms. The largest absolute Gasteiger partial charge is 0.748 e. The maximum absolute atomic E-state index is 12.4. The summed E-state index contributed by atoms with van der Waals surface area (Å²) >= 11 is 6.28. The topological polar surface area (TPSA) is 104 Å². The van der Waals surface area contributed by atoms with Crippen LogP contribution < -0.4 is 0 Å². The molecule has 0 unspecified atom stereocenters. The average molecular weight is 678 g/mol. The summed E-state index contributed by atoms with van der Waals surface area (Å²) in [5.41, 5.74) is 0.472. The van der Waals surface area contributed by atoms with Gasteiger partial charge >= 0.3 is 5.97 Å². The summed E-state index contributed by atoms with van der Waals surface area (Å²) in [5, 5.41) is 0. The van der Waals surface area contributed by atoms with Crippen molar-refractivity contribution in [1.29, 1.82) is 0 Å². The van der Waals surface area contributed by atoms with E-state index in [2.05, 4.69) is 72.5 Å². The Labute approximate surface area is 174 Å². The fourth-order valence-corrected chi connectivity index (χ4v) is 4.16. The number of ether oxygens (including phenoxy) is 1. The van der Waals surface area contributed by atoms with Gasteiger partial charge in [-0.1, -0.05) is 0 Å². The average Bonchev–Trinajstić information content (AvgIpc) is 2.40. The van der Waals surface area contributed by atoms with Crippen molar-refractivity contribution in [3.63, 3.8) is 0 Å². The van der Waals surface area contributed by atoms with E-state index in [1.807, 2.05) is 6.07 Å². The third-order valence-corrected chi connectivity index (χ3v) is 6.87. The summed E-state index contributed by atoms with van der Waals surface area (Å²) in [6.07, 6.45) is 0. The SMILES string of the molecule is CN(CC(=O)OCCS(=O)(=O)[O-])C(=O)c1cc(I)cc(I)c1I. The number of nitrogens with zero attached hydrogens (tertiary/aromatic N) is 1. The number of benzene rings is 1. The van der Waals surface area contributed by atoms with Crippen molar-refractivity contribution in [2.24, 2.45) is 0 Å². The van der Waals surface area contributed by atoms with Crippen molar-refractivity contribution >= 4 is 89.8 Å². The molecule has 0 fully saturated rings. The van der Waals surface area contributed by atoms with Crippen molar-refractivity contribution in [3.8, 4) is 0 Å². The number of hydrogen-bond donors (Lipinski definition) is 0. The second-order valence-electron chi connectivity index (χ2n) is 4.39. The lowest BCUT2D eigenvalue weighted by Gasteiger charge is -2.18. The van der Waals surface area contributed by atoms with E-state index in [4.69, 9.17) is 0 Å². The van der Waals surface area contributed by atoms with Crippen molar-refractivity contribution in [2.45, 2.75) is 0 Å². The number of carbonyl (C=O) groups is 2. The zero-order chi connectivity index (χ0) is 17.8. The Bertz CT molecular complexity index is 722. The highest BCUT2D eigenvalue weighted by atomic mass is 127. The van der Waals surface area contributed by atoms with Gasteiger partial charge in [0.05, 0.1) is 21.4 Å². The molecule has 128 valence electrons. The lowest BCUT2D eigenvalue weighted by atomic mass is 10.2. The molecule has 1 amide bonds. The van der Waals surface area contributed by atoms with E-state index in [1.54, 1.807) is 6.07 Å². The van der Waals surface area contributed by atoms with Crippen LogP contribution in [0.2, 0.25) is 0 Å². The zero-order valence-corrected chi connectivity index (χ0v) is 19.0. The molecule has 1 aromatic carbocycles. The van der Waals surface area contributed by atoms with Crippen LogP contribution in [0.3, 0.4) is 0 Å². The van der Waals surface area contributed by atoms with Crippen LogP contribution in [0.5, 0.6) is 0 Å². The Hall–Kier alpha value is 0.260. The predicted octanol–water partition coefficient (Wildman–Crippen LogP) is 1.66. The molecule has 1 aromatic rings. The Morgan fingerprint density at radius 1 is 1.26 bits per heavy atom. The van der Waals surface area contributed by atoms with Gasteiger partial charge in [-0.15, -0.1) is 0 Å². The van der Waals surface area contributed by atoms with Crippen LogP contribution in [-0.2, 0) is 19.6 Å². The number of carbonyl (C=O) groups excluding carboxylic acids is 2. The lowest BCUT2D eigenvalue weighted by molar-refractivity contribution is -0.143. The van der Waals surface area contributed by atoms with Gasteiger partial charge in [0.25, 0.3) is 5.91 Å². The fourth-order valence-electron chi connectivity index (χ4n) is 1.49. The van der Waals surface area contributed by atoms with E-state index < -0.39 is 28.4 Å². The van der Waals surface area contributed by atoms with Gasteiger partial charge < -0.3 is 14.2 Å². The van der Waals surface area contributed by atoms with Crippen LogP contribution in [0.25, 0.3) is 0 Å². The molecule has 0 aliphatic carbocycles. The molecule has 0 N–H and O–H groups in total. The predicted molar refractivity (Wildman–Crippen MR) is 107 cm³/mol. The first-order chi connectivity index (χ1) is 10.5. The number of hydrogen-bond acceptors (Lipinski definition) is 6. The molecule has 0 heterocycles. The van der Waals surface area contributed by atoms with E-state index in [-0.39, 0.29) is 12.5 Å². The standard InChI is InChI=1S/C12H12I3NO6S/c1-16(6-10(17)22-2-3-23(19,20)21)12(18)8-4-7(13)5-9(14)11(8)15/h4-5H,2-3,6H2,1H3,(H,19,20,21)/p-1. The fraction of sp³-hybridized carbons (Fsp3) is 0.333. The Morgan fingerprint density at radius 2 is 1.87 bits per heavy atom. The molecule has 0 radical (unpaired) electrons. The van der Waals surface area contributed by atoms with Gasteiger partial charge in [0.2, 0.25) is 0 Å². The normalized spacial score (nSPS) is 11.2. The Balaban J connectivity index is 2.69. The van der Waals surface area contributed by atoms with Gasteiger partial charge in [-0.2, -0.15) is 0 Å². The molecule has 0 aromatic heterocycles. The molecular weight excluding hydrogens is 667 g/mol. The highest BCUT2D eigenvalue weighted by Gasteiger charge is 2.20. The molecule has 0 spiro atoms. The van der Waals surface area contributed by atoms with Crippen molar-refractivity contribution in [2.75, 3.05) is 26.0 Å². The third kappa shape index (κ3) is 7.35. The van der Waals surface area contributed by atoms with Gasteiger partial charge in [0.15, 0.2) is 0 Å². The van der Waals surface area contributed by atoms with Crippen molar-refractivity contribution in [1.82, 2.24) is 4.90 Å². The number of esters is 1. The quantitative estimate of drug-likeness (QED) is 0.197. The summed E-state index contributed by atoms with van der Waals surface area (Å²) in [6.45, 7) is -0.860. The minimum absolute atomic E-state index is 0.337. The van der Waals surface area contributed by atoms with Crippen molar-refractivity contribution < 1.29 is 27.3 Å². The smallest absolute Gasteiger partial charge is 0.325 e. The molecule has 11 heteroatoms. The first-order valence-electron chi connectivity index (χ1n) is 6.00. The number of halogens is 3. The minimum atomic E-state index is -4.43. The van der Waals surface area contributed by atoms with Crippen LogP contribution in [0, 0.1) is 10.7 Å². The molecule has 0 saturated carbocycles. The minimum Gasteiger partial charge on any atom is -0.748 e. The monoisotopic (exact) mass is 678 g/mol. The van der Waals surface area contributed by atoms with Crippen molar-refractivity contribution in [3.05, 3.63) is 28.4 Å². The highest BCUT2D eigenvalue weighted by molar-refractivity contribution is 14.1. The third-order valence-electron chi connectivity index (χ3n) is 2.53. The van der Waals surface area contributed by atoms with Gasteiger partial charge in [-0.25, -0.2) is 8.42 Å². The zero-order valence-electron chi connectivity index (χ0n) is 11.7. The molecular formula is C12H11I3NO6S-. The Morgan fingerprint density at radius 3 is 2.43 bits per heavy atom. The van der Waals surface area contributed by atoms with E-state index in [9.17, 15) is 22.6 Å². The van der Waals surface area contributed by atoms with Crippen LogP contribution in [0.1, 0.15) is 10.4 Å². The van der Waals surface area contributed by atoms with E-state index in [0.29, 0.717) is 5.56 Å². The number of likely N-dealkylation sites (N-methyl/N-ethyl adjacent to an activating group) is 1. The molecule has 0 aliphatic heterocycles. The molecule has 7 nitrogen and oxygen atoms in total. The molecule has 0 bridgehead atoms. The van der Waals surface area contributed by atoms with Crippen LogP contribution in [0.15, 0.2) is 12.1 Å². The van der Waals surface area contributed by atoms with E-state index in [0.717, 1.165) is 10.7 Å². The molecule has 0 aliphatic rings. The summed E-state index contributed by atoms with van der Waals surface area (Å²) in [7, 11) is -2.99. The summed E-state index contributed by atoms with van der Waals surface area (Å²) in [4.78, 5) is 25.2. The highest BCUT2D eigenvalue weighted by Crippen LogP contribution is 2.23. The number of rotatable bonds is 6. The van der Waals surface area contributed by atoms with Gasteiger partial charge in [0.1, 0.15) is 13.2 Å². The molecule has 0 atom stereocenters. The van der Waals surface area contributed by atoms with Crippen LogP contribution >= 0.6 is 67.8 Å². The molecule has 0 saturated heterocycles. The first-order valence-corrected chi connectivity index (χ1v) is 10.8. The lowest BCUT2D eigenvalue weighted by Crippen LogP contribution is -2.34. The maximum Gasteiger partial charge on any atom is 0.325 e. The second-order valence-corrected chi connectivity index (χ2v) is 9.40. The molecule has 1 rings (SSSR count). The van der Waals surface area contributed by atoms with E-state index in [1.165, 1.54) is 11.9 Å². The van der Waals surface area contributed by atoms with Gasteiger partial charge in [-0.05, 0) is 79.9 Å². The summed E-state index contributed by atoms with van der Waals surface area (Å²) in [5.74, 6) is -1.91. The second kappa shape index (κ2) is 9.10. The van der Waals surface area contributed by atoms with Crippen LogP contribution in [-0.4, -0.2) is 55.7 Å². The maximum atomic E-state index is 12.4. The first kappa shape index (κ1) is 21.3. The van der Waals surface area contributed by atoms with E-state index >= 15 is 0 Å².